The van der Waals surface area contributed by atoms with Gasteiger partial charge < -0.3 is 13.7 Å². The SMILES string of the molecule is N=C(c1ccccc1)N(C(=N)c1ccc2c(c1)c1c(c3c4cc(-c5nnc(-c6ccccc6)n5-c5ccccc5)ccc4n(-c4ccccc4)c3c3c4cc(-c5nnc(-c6ccccc6)n5-c5ccccc5)ccc4n(-c4ccccc4)c13)n2-c1ccccc1)c1ccccc1. The second-order valence-electron chi connectivity index (χ2n) is 23.9. The molecule has 0 bridgehead atoms. The van der Waals surface area contributed by atoms with E-state index in [0.29, 0.717) is 28.5 Å². The van der Waals surface area contributed by atoms with Crippen molar-refractivity contribution in [3.05, 3.63) is 339 Å². The minimum absolute atomic E-state index is 0.156. The van der Waals surface area contributed by atoms with Crippen LogP contribution in [-0.4, -0.2) is 54.9 Å². The van der Waals surface area contributed by atoms with Gasteiger partial charge >= 0.3 is 0 Å². The topological polar surface area (TPSA) is 127 Å². The molecule has 12 nitrogen and oxygen atoms in total. The van der Waals surface area contributed by atoms with E-state index >= 15 is 0 Å². The first kappa shape index (κ1) is 55.5. The summed E-state index contributed by atoms with van der Waals surface area (Å²) < 4.78 is 11.7. The van der Waals surface area contributed by atoms with Crippen molar-refractivity contribution in [2.75, 3.05) is 4.90 Å². The van der Waals surface area contributed by atoms with Gasteiger partial charge in [-0.05, 0) is 127 Å². The molecule has 12 heteroatoms. The average Bonchev–Trinajstić information content (AvgIpc) is 1.50. The molecular weight excluding hydrogens is 1180 g/mol. The Morgan fingerprint density at radius 1 is 0.250 bits per heavy atom. The molecule has 2 N–H and O–H groups in total. The zero-order chi connectivity index (χ0) is 63.8. The maximum Gasteiger partial charge on any atom is 0.168 e. The van der Waals surface area contributed by atoms with Crippen LogP contribution in [0.1, 0.15) is 11.1 Å². The molecule has 0 fully saturated rings. The Labute approximate surface area is 551 Å². The third-order valence-corrected chi connectivity index (χ3v) is 18.4. The second-order valence-corrected chi connectivity index (χ2v) is 23.9. The number of aromatic nitrogens is 9. The maximum atomic E-state index is 10.5. The molecule has 18 aromatic rings. The molecule has 5 aromatic heterocycles. The van der Waals surface area contributed by atoms with Gasteiger partial charge in [0, 0.05) is 99.8 Å². The fourth-order valence-corrected chi connectivity index (χ4v) is 14.2. The number of fused-ring (bicyclic) bond motifs is 12. The van der Waals surface area contributed by atoms with E-state index in [2.05, 4.69) is 235 Å². The van der Waals surface area contributed by atoms with Crippen LogP contribution >= 0.6 is 0 Å². The number of nitrogens with one attached hydrogen (secondary N) is 2. The highest BCUT2D eigenvalue weighted by Crippen LogP contribution is 2.52. The molecule has 5 heterocycles. The van der Waals surface area contributed by atoms with Crippen LogP contribution in [0.25, 0.3) is 139 Å². The third-order valence-electron chi connectivity index (χ3n) is 18.4. The molecule has 18 rings (SSSR count). The van der Waals surface area contributed by atoms with E-state index in [1.165, 1.54) is 0 Å². The van der Waals surface area contributed by atoms with Crippen LogP contribution in [0.2, 0.25) is 0 Å². The highest BCUT2D eigenvalue weighted by molar-refractivity contribution is 6.41. The van der Waals surface area contributed by atoms with Crippen molar-refractivity contribution in [3.8, 4) is 74.0 Å². The van der Waals surface area contributed by atoms with Crippen LogP contribution in [0.15, 0.2) is 328 Å². The minimum atomic E-state index is 0.156. The number of para-hydroxylation sites is 6. The lowest BCUT2D eigenvalue weighted by molar-refractivity contribution is 1.07. The number of amidine groups is 2. The molecule has 0 radical (unpaired) electrons. The molecule has 0 saturated heterocycles. The Balaban J connectivity index is 1.04. The van der Waals surface area contributed by atoms with E-state index in [9.17, 15) is 10.8 Å². The lowest BCUT2D eigenvalue weighted by Crippen LogP contribution is -2.37. The Kier molecular flexibility index (Phi) is 13.2. The minimum Gasteiger partial charge on any atom is -0.308 e. The molecule has 0 amide bonds. The largest absolute Gasteiger partial charge is 0.308 e. The zero-order valence-electron chi connectivity index (χ0n) is 51.6. The summed E-state index contributed by atoms with van der Waals surface area (Å²) in [6.45, 7) is 0. The van der Waals surface area contributed by atoms with Crippen molar-refractivity contribution in [1.29, 1.82) is 10.8 Å². The van der Waals surface area contributed by atoms with Crippen molar-refractivity contribution in [3.63, 3.8) is 0 Å². The summed E-state index contributed by atoms with van der Waals surface area (Å²) in [5, 5.41) is 46.4. The molecule has 96 heavy (non-hydrogen) atoms. The van der Waals surface area contributed by atoms with Crippen LogP contribution in [-0.2, 0) is 0 Å². The summed E-state index contributed by atoms with van der Waals surface area (Å²) in [4.78, 5) is 1.74. The predicted octanol–water partition coefficient (Wildman–Crippen LogP) is 19.7. The lowest BCUT2D eigenvalue weighted by atomic mass is 9.99. The zero-order valence-corrected chi connectivity index (χ0v) is 51.6. The summed E-state index contributed by atoms with van der Waals surface area (Å²) in [5.74, 6) is 3.18. The van der Waals surface area contributed by atoms with Crippen LogP contribution in [0.5, 0.6) is 0 Å². The number of anilines is 1. The maximum absolute atomic E-state index is 10.5. The first-order valence-corrected chi connectivity index (χ1v) is 32.0. The van der Waals surface area contributed by atoms with Crippen LogP contribution in [0.3, 0.4) is 0 Å². The fraction of sp³-hybridized carbons (Fsp3) is 0. The molecule has 0 aliphatic heterocycles. The Bertz CT molecular complexity index is 5840. The summed E-state index contributed by atoms with van der Waals surface area (Å²) in [7, 11) is 0. The number of hydrogen-bond acceptors (Lipinski definition) is 6. The number of benzene rings is 13. The van der Waals surface area contributed by atoms with Crippen molar-refractivity contribution < 1.29 is 0 Å². The monoisotopic (exact) mass is 1230 g/mol. The van der Waals surface area contributed by atoms with E-state index in [1.807, 2.05) is 115 Å². The van der Waals surface area contributed by atoms with E-state index in [0.717, 1.165) is 128 Å². The van der Waals surface area contributed by atoms with Crippen LogP contribution in [0, 0.1) is 10.8 Å². The van der Waals surface area contributed by atoms with Gasteiger partial charge in [0.2, 0.25) is 0 Å². The summed E-state index contributed by atoms with van der Waals surface area (Å²) in [5.41, 5.74) is 16.3. The molecule has 0 saturated carbocycles. The lowest BCUT2D eigenvalue weighted by Gasteiger charge is -2.26. The van der Waals surface area contributed by atoms with Gasteiger partial charge in [-0.3, -0.25) is 24.9 Å². The standard InChI is InChI=1S/C84H56N12/c85-79(55-28-10-1-11-29-55)94(64-40-22-7-23-41-64)80(86)58-46-49-70-67(52-58)73-76(91(70)61-34-16-4-17-35-61)74-69-54-60(84-90-88-82(57-32-14-3-15-33-57)96(84)66-44-26-9-27-45-66)48-51-72(69)93(63-38-20-6-21-39-63)78(74)75-68-53-59(47-50-71(68)92(77(73)75)62-36-18-5-19-37-62)83-89-87-81(56-30-12-2-13-31-56)95(83)65-42-24-8-25-43-65/h1-54,85-86H. The Morgan fingerprint density at radius 3 is 0.896 bits per heavy atom. The highest BCUT2D eigenvalue weighted by Gasteiger charge is 2.32. The van der Waals surface area contributed by atoms with Crippen molar-refractivity contribution in [1.82, 2.24) is 43.2 Å². The number of nitrogens with zero attached hydrogens (tertiary/aromatic N) is 10. The first-order valence-electron chi connectivity index (χ1n) is 32.0. The smallest absolute Gasteiger partial charge is 0.168 e. The molecule has 0 aliphatic carbocycles. The van der Waals surface area contributed by atoms with Gasteiger partial charge in [0.05, 0.1) is 33.1 Å². The van der Waals surface area contributed by atoms with Gasteiger partial charge in [-0.2, -0.15) is 0 Å². The van der Waals surface area contributed by atoms with Crippen LogP contribution in [0.4, 0.5) is 5.69 Å². The van der Waals surface area contributed by atoms with E-state index in [-0.39, 0.29) is 11.7 Å². The Morgan fingerprint density at radius 2 is 0.531 bits per heavy atom. The highest BCUT2D eigenvalue weighted by atomic mass is 15.3. The van der Waals surface area contributed by atoms with Crippen molar-refractivity contribution in [2.24, 2.45) is 0 Å². The first-order chi connectivity index (χ1) is 47.5. The number of rotatable bonds is 12. The molecule has 13 aromatic carbocycles. The van der Waals surface area contributed by atoms with E-state index < -0.39 is 0 Å². The van der Waals surface area contributed by atoms with E-state index in [1.54, 1.807) is 4.90 Å². The van der Waals surface area contributed by atoms with Gasteiger partial charge in [0.15, 0.2) is 23.3 Å². The van der Waals surface area contributed by atoms with Gasteiger partial charge in [-0.25, -0.2) is 0 Å². The molecule has 0 aliphatic rings. The van der Waals surface area contributed by atoms with E-state index in [4.69, 9.17) is 20.4 Å². The van der Waals surface area contributed by atoms with Gasteiger partial charge in [-0.1, -0.05) is 200 Å². The molecule has 452 valence electrons. The van der Waals surface area contributed by atoms with Crippen LogP contribution < -0.4 is 4.90 Å². The van der Waals surface area contributed by atoms with Gasteiger partial charge in [0.1, 0.15) is 11.7 Å². The summed E-state index contributed by atoms with van der Waals surface area (Å²) in [6, 6.07) is 113. The summed E-state index contributed by atoms with van der Waals surface area (Å²) in [6.07, 6.45) is 0. The average molecular weight is 1230 g/mol. The second kappa shape index (κ2) is 22.8. The fourth-order valence-electron chi connectivity index (χ4n) is 14.2. The molecular formula is C84H56N12. The van der Waals surface area contributed by atoms with Crippen molar-refractivity contribution in [2.45, 2.75) is 0 Å². The predicted molar refractivity (Wildman–Crippen MR) is 390 cm³/mol. The molecule has 0 unspecified atom stereocenters. The van der Waals surface area contributed by atoms with Gasteiger partial charge in [-0.15, -0.1) is 20.4 Å². The normalized spacial score (nSPS) is 11.6. The number of hydrogen-bond donors (Lipinski definition) is 2. The molecule has 0 atom stereocenters. The molecule has 0 spiro atoms. The van der Waals surface area contributed by atoms with Crippen molar-refractivity contribution >= 4 is 82.8 Å². The summed E-state index contributed by atoms with van der Waals surface area (Å²) >= 11 is 0. The quantitative estimate of drug-likeness (QED) is 0.0930. The Hall–Kier alpha value is -13.3. The third kappa shape index (κ3) is 8.92. The van der Waals surface area contributed by atoms with Gasteiger partial charge in [0.25, 0.3) is 0 Å².